The second-order valence-corrected chi connectivity index (χ2v) is 8.90. The molecule has 32 heavy (non-hydrogen) atoms. The third kappa shape index (κ3) is 3.82. The van der Waals surface area contributed by atoms with Crippen LogP contribution < -0.4 is 0 Å². The van der Waals surface area contributed by atoms with Gasteiger partial charge in [-0.25, -0.2) is 0 Å². The molecule has 0 aromatic heterocycles. The van der Waals surface area contributed by atoms with Crippen LogP contribution in [0.2, 0.25) is 0 Å². The average Bonchev–Trinajstić information content (AvgIpc) is 2.92. The summed E-state index contributed by atoms with van der Waals surface area (Å²) in [5, 5.41) is 13.8. The van der Waals surface area contributed by atoms with Crippen LogP contribution >= 0.6 is 0 Å². The van der Waals surface area contributed by atoms with Gasteiger partial charge in [0.25, 0.3) is 4.29 Å². The number of aromatic hydroxyl groups is 3. The summed E-state index contributed by atoms with van der Waals surface area (Å²) < 4.78 is 21.4. The van der Waals surface area contributed by atoms with Crippen molar-refractivity contribution in [2.45, 2.75) is 31.6 Å². The molecule has 0 atom stereocenters. The van der Waals surface area contributed by atoms with Gasteiger partial charge in [-0.15, -0.1) is 0 Å². The zero-order valence-corrected chi connectivity index (χ0v) is 18.5. The van der Waals surface area contributed by atoms with Crippen LogP contribution in [-0.4, -0.2) is 19.6 Å². The zero-order chi connectivity index (χ0) is 25.1. The SMILES string of the molecule is [3H]Oc1ccc(C(C)(C)c2ccc(C(C)(c3ccc(O[3H])cc3)c3ccc(O[3H])cc3)cc2)cc1. The molecule has 4 aromatic rings. The van der Waals surface area contributed by atoms with Crippen LogP contribution in [0.15, 0.2) is 97.1 Å². The van der Waals surface area contributed by atoms with Gasteiger partial charge in [-0.2, -0.15) is 0 Å². The highest BCUT2D eigenvalue weighted by molar-refractivity contribution is 5.52. The first-order valence-electron chi connectivity index (χ1n) is 11.9. The largest absolute Gasteiger partial charge is 0.508 e. The Balaban J connectivity index is 1.77. The molecule has 0 unspecified atom stereocenters. The van der Waals surface area contributed by atoms with Crippen molar-refractivity contribution in [2.24, 2.45) is 0 Å². The minimum Gasteiger partial charge on any atom is -0.508 e. The van der Waals surface area contributed by atoms with Gasteiger partial charge >= 0.3 is 0 Å². The van der Waals surface area contributed by atoms with E-state index in [1.165, 1.54) is 5.56 Å². The topological polar surface area (TPSA) is 60.7 Å². The van der Waals surface area contributed by atoms with Gasteiger partial charge in [0.1, 0.15) is 17.2 Å². The Bertz CT molecular complexity index is 1200. The first-order valence-corrected chi connectivity index (χ1v) is 10.6. The van der Waals surface area contributed by atoms with Crippen molar-refractivity contribution < 1.29 is 15.3 Å². The molecule has 0 saturated carbocycles. The van der Waals surface area contributed by atoms with E-state index in [2.05, 4.69) is 60.4 Å². The van der Waals surface area contributed by atoms with E-state index in [0.717, 1.165) is 22.3 Å². The Morgan fingerprint density at radius 2 is 0.688 bits per heavy atom. The number of benzene rings is 4. The van der Waals surface area contributed by atoms with Crippen LogP contribution in [0.5, 0.6) is 17.2 Å². The van der Waals surface area contributed by atoms with Crippen LogP contribution in [0, 0.1) is 0 Å². The van der Waals surface area contributed by atoms with Gasteiger partial charge in [-0.1, -0.05) is 74.5 Å². The Morgan fingerprint density at radius 1 is 0.438 bits per heavy atom. The second kappa shape index (κ2) is 8.08. The van der Waals surface area contributed by atoms with Gasteiger partial charge in [0.05, 0.1) is 0 Å². The van der Waals surface area contributed by atoms with Crippen molar-refractivity contribution in [3.63, 3.8) is 0 Å². The normalized spacial score (nSPS) is 12.9. The lowest BCUT2D eigenvalue weighted by Crippen LogP contribution is -2.26. The van der Waals surface area contributed by atoms with E-state index in [0.29, 0.717) is 17.2 Å². The molecule has 162 valence electrons. The first kappa shape index (κ1) is 17.9. The molecule has 0 radical (unpaired) electrons. The lowest BCUT2D eigenvalue weighted by Gasteiger charge is -2.33. The number of hydrogen-bond acceptors (Lipinski definition) is 3. The highest BCUT2D eigenvalue weighted by Gasteiger charge is 2.32. The van der Waals surface area contributed by atoms with Crippen molar-refractivity contribution in [2.75, 3.05) is 0 Å². The summed E-state index contributed by atoms with van der Waals surface area (Å²) in [5.74, 6) is 1.47. The van der Waals surface area contributed by atoms with Gasteiger partial charge in [0, 0.05) is 10.8 Å². The summed E-state index contributed by atoms with van der Waals surface area (Å²) in [4.78, 5) is 0. The molecule has 0 fully saturated rings. The van der Waals surface area contributed by atoms with Crippen LogP contribution in [0.3, 0.4) is 0 Å². The van der Waals surface area contributed by atoms with E-state index in [4.69, 9.17) is 4.29 Å². The molecule has 0 aliphatic rings. The monoisotopic (exact) mass is 430 g/mol. The van der Waals surface area contributed by atoms with Crippen LogP contribution in [-0.2, 0) is 10.8 Å². The van der Waals surface area contributed by atoms with Crippen molar-refractivity contribution in [3.05, 3.63) is 125 Å². The lowest BCUT2D eigenvalue weighted by molar-refractivity contribution is 0.473. The molecule has 4 rings (SSSR count). The molecule has 0 spiro atoms. The summed E-state index contributed by atoms with van der Waals surface area (Å²) in [6.45, 7) is 6.52. The van der Waals surface area contributed by atoms with Gasteiger partial charge in [0.15, 0.2) is 0 Å². The molecule has 0 saturated heterocycles. The molecular weight excluding hydrogens is 396 g/mol. The van der Waals surface area contributed by atoms with E-state index < -0.39 is 5.41 Å². The summed E-state index contributed by atoms with van der Waals surface area (Å²) in [5.41, 5.74) is 4.78. The summed E-state index contributed by atoms with van der Waals surface area (Å²) in [7, 11) is 0. The Hall–Kier alpha value is -3.72. The van der Waals surface area contributed by atoms with Crippen molar-refractivity contribution >= 4 is 0 Å². The van der Waals surface area contributed by atoms with Crippen molar-refractivity contribution in [1.82, 2.24) is 0 Å². The first-order chi connectivity index (χ1) is 16.8. The Labute approximate surface area is 193 Å². The minimum atomic E-state index is -0.489. The van der Waals surface area contributed by atoms with E-state index >= 15 is 0 Å². The predicted molar refractivity (Wildman–Crippen MR) is 128 cm³/mol. The summed E-state index contributed by atoms with van der Waals surface area (Å²) in [6.07, 6.45) is 0. The number of hydrogen-bond donors (Lipinski definition) is 3. The van der Waals surface area contributed by atoms with Gasteiger partial charge in [0.2, 0.25) is 0 Å². The van der Waals surface area contributed by atoms with Gasteiger partial charge in [-0.05, 0) is 71.1 Å². The highest BCUT2D eigenvalue weighted by atomic mass is 16.3. The van der Waals surface area contributed by atoms with Crippen molar-refractivity contribution in [1.29, 1.82) is 4.29 Å². The number of phenolic OH excluding ortho intramolecular Hbond substituents is 3. The Kier molecular flexibility index (Phi) is 4.52. The molecular formula is C29H28O3. The quantitative estimate of drug-likeness (QED) is 0.280. The third-order valence-corrected chi connectivity index (χ3v) is 6.62. The van der Waals surface area contributed by atoms with Crippen LogP contribution in [0.4, 0.5) is 0 Å². The average molecular weight is 431 g/mol. The molecule has 0 amide bonds. The predicted octanol–water partition coefficient (Wildman–Crippen LogP) is 6.48. The fraction of sp³-hybridized carbons (Fsp3) is 0.172. The van der Waals surface area contributed by atoms with Gasteiger partial charge < -0.3 is 15.3 Å². The number of phenols is 3. The fourth-order valence-corrected chi connectivity index (χ4v) is 4.34. The van der Waals surface area contributed by atoms with Crippen molar-refractivity contribution in [3.8, 4) is 17.2 Å². The maximum Gasteiger partial charge on any atom is 0.293 e. The van der Waals surface area contributed by atoms with E-state index in [9.17, 15) is 0 Å². The molecule has 0 bridgehead atoms. The molecule has 0 aliphatic heterocycles. The molecule has 3 nitrogen and oxygen atoms in total. The van der Waals surface area contributed by atoms with Crippen LogP contribution in [0.25, 0.3) is 0 Å². The second-order valence-electron chi connectivity index (χ2n) is 8.90. The maximum atomic E-state index is 7.17. The Morgan fingerprint density at radius 3 is 1.00 bits per heavy atom. The number of rotatable bonds is 8. The zero-order valence-electron chi connectivity index (χ0n) is 21.5. The summed E-state index contributed by atoms with van der Waals surface area (Å²) >= 11 is 0. The molecule has 3 N–H and O–H groups in total. The molecule has 3 heteroatoms. The highest BCUT2D eigenvalue weighted by Crippen LogP contribution is 2.41. The minimum absolute atomic E-state index is 0.240. The third-order valence-electron chi connectivity index (χ3n) is 6.62. The molecule has 4 aromatic carbocycles. The van der Waals surface area contributed by atoms with E-state index in [-0.39, 0.29) is 5.41 Å². The standard InChI is InChI=1S/C29H28O3/c1-28(2,21-8-14-25(30)15-9-21)20-4-6-22(7-5-20)29(3,23-10-16-26(31)17-11-23)24-12-18-27(32)19-13-24/h4-19,30-32H,1-3H3/i/hT3. The molecule has 0 aliphatic carbocycles. The smallest absolute Gasteiger partial charge is 0.293 e. The lowest BCUT2D eigenvalue weighted by atomic mass is 9.70. The maximum absolute atomic E-state index is 7.17. The van der Waals surface area contributed by atoms with E-state index in [1.54, 1.807) is 24.3 Å². The van der Waals surface area contributed by atoms with Gasteiger partial charge in [-0.3, -0.25) is 0 Å². The summed E-state index contributed by atoms with van der Waals surface area (Å²) in [6, 6.07) is 31.3. The fourth-order valence-electron chi connectivity index (χ4n) is 4.34. The van der Waals surface area contributed by atoms with Crippen LogP contribution in [0.1, 0.15) is 48.6 Å². The molecule has 0 heterocycles. The van der Waals surface area contributed by atoms with E-state index in [1.807, 2.05) is 48.5 Å².